The smallest absolute Gasteiger partial charge is 0.307 e. The molecule has 1 aromatic rings. The fourth-order valence-corrected chi connectivity index (χ4v) is 1.57. The lowest BCUT2D eigenvalue weighted by atomic mass is 10.0. The van der Waals surface area contributed by atoms with Gasteiger partial charge in [-0.2, -0.15) is 0 Å². The summed E-state index contributed by atoms with van der Waals surface area (Å²) in [5.74, 6) is -0.212. The Balaban J connectivity index is 2.66. The molecule has 2 N–H and O–H groups in total. The third-order valence-corrected chi connectivity index (χ3v) is 3.07. The first-order chi connectivity index (χ1) is 8.00. The molecule has 0 aliphatic heterocycles. The molecule has 0 saturated heterocycles. The first-order valence-electron chi connectivity index (χ1n) is 6.02. The minimum absolute atomic E-state index is 0.0912. The molecule has 0 aliphatic rings. The molecule has 0 heterocycles. The van der Waals surface area contributed by atoms with E-state index in [2.05, 4.69) is 26.1 Å². The molecule has 0 aliphatic carbocycles. The van der Waals surface area contributed by atoms with E-state index in [4.69, 9.17) is 5.11 Å². The van der Waals surface area contributed by atoms with Crippen LogP contribution < -0.4 is 5.32 Å². The van der Waals surface area contributed by atoms with Gasteiger partial charge in [-0.15, -0.1) is 0 Å². The summed E-state index contributed by atoms with van der Waals surface area (Å²) < 4.78 is 0. The van der Waals surface area contributed by atoms with Gasteiger partial charge in [0.05, 0.1) is 6.42 Å². The highest BCUT2D eigenvalue weighted by Crippen LogP contribution is 2.10. The van der Waals surface area contributed by atoms with Crippen LogP contribution in [0, 0.1) is 5.92 Å². The largest absolute Gasteiger partial charge is 0.481 e. The van der Waals surface area contributed by atoms with E-state index >= 15 is 0 Å². The van der Waals surface area contributed by atoms with Crippen LogP contribution in [0.3, 0.4) is 0 Å². The molecule has 1 unspecified atom stereocenters. The number of carboxylic acid groups (broad SMARTS) is 1. The fraction of sp³-hybridized carbons (Fsp3) is 0.500. The number of hydrogen-bond acceptors (Lipinski definition) is 2. The second-order valence-electron chi connectivity index (χ2n) is 4.75. The van der Waals surface area contributed by atoms with Crippen LogP contribution in [0.25, 0.3) is 0 Å². The molecule has 94 valence electrons. The SMILES string of the molecule is CC(C)C(C)NCc1ccccc1CC(=O)O. The molecule has 0 saturated carbocycles. The number of aliphatic carboxylic acids is 1. The van der Waals surface area contributed by atoms with Gasteiger partial charge in [-0.25, -0.2) is 0 Å². The lowest BCUT2D eigenvalue weighted by Gasteiger charge is -2.18. The molecule has 1 rings (SSSR count). The van der Waals surface area contributed by atoms with Crippen LogP contribution in [0.4, 0.5) is 0 Å². The highest BCUT2D eigenvalue weighted by atomic mass is 16.4. The first-order valence-corrected chi connectivity index (χ1v) is 6.02. The van der Waals surface area contributed by atoms with Crippen molar-refractivity contribution >= 4 is 5.97 Å². The number of rotatable bonds is 6. The summed E-state index contributed by atoms with van der Waals surface area (Å²) in [4.78, 5) is 10.7. The lowest BCUT2D eigenvalue weighted by molar-refractivity contribution is -0.136. The van der Waals surface area contributed by atoms with Crippen LogP contribution in [-0.4, -0.2) is 17.1 Å². The molecule has 1 aromatic carbocycles. The van der Waals surface area contributed by atoms with E-state index in [1.807, 2.05) is 24.3 Å². The van der Waals surface area contributed by atoms with E-state index in [1.165, 1.54) is 0 Å². The zero-order valence-corrected chi connectivity index (χ0v) is 10.7. The molecule has 0 radical (unpaired) electrons. The Morgan fingerprint density at radius 3 is 2.35 bits per heavy atom. The number of hydrogen-bond donors (Lipinski definition) is 2. The van der Waals surface area contributed by atoms with Crippen molar-refractivity contribution in [2.24, 2.45) is 5.92 Å². The van der Waals surface area contributed by atoms with Crippen molar-refractivity contribution in [3.63, 3.8) is 0 Å². The summed E-state index contributed by atoms with van der Waals surface area (Å²) in [7, 11) is 0. The Hall–Kier alpha value is -1.35. The van der Waals surface area contributed by atoms with Crippen molar-refractivity contribution < 1.29 is 9.90 Å². The molecule has 3 heteroatoms. The fourth-order valence-electron chi connectivity index (χ4n) is 1.57. The van der Waals surface area contributed by atoms with E-state index in [0.717, 1.165) is 17.7 Å². The second kappa shape index (κ2) is 6.40. The molecule has 0 bridgehead atoms. The average Bonchev–Trinajstić information content (AvgIpc) is 2.26. The Morgan fingerprint density at radius 1 is 1.24 bits per heavy atom. The van der Waals surface area contributed by atoms with E-state index in [0.29, 0.717) is 12.0 Å². The van der Waals surface area contributed by atoms with Gasteiger partial charge < -0.3 is 10.4 Å². The lowest BCUT2D eigenvalue weighted by Crippen LogP contribution is -2.30. The van der Waals surface area contributed by atoms with Gasteiger partial charge in [0.15, 0.2) is 0 Å². The average molecular weight is 235 g/mol. The van der Waals surface area contributed by atoms with Crippen LogP contribution in [0.15, 0.2) is 24.3 Å². The number of carboxylic acids is 1. The third-order valence-electron chi connectivity index (χ3n) is 3.07. The molecule has 0 fully saturated rings. The van der Waals surface area contributed by atoms with Crippen LogP contribution in [-0.2, 0) is 17.8 Å². The second-order valence-corrected chi connectivity index (χ2v) is 4.75. The van der Waals surface area contributed by atoms with Gasteiger partial charge in [0, 0.05) is 12.6 Å². The summed E-state index contributed by atoms with van der Waals surface area (Å²) in [5, 5.41) is 12.3. The summed E-state index contributed by atoms with van der Waals surface area (Å²) in [6.07, 6.45) is 0.0912. The molecular weight excluding hydrogens is 214 g/mol. The maximum atomic E-state index is 10.7. The van der Waals surface area contributed by atoms with Crippen molar-refractivity contribution in [3.05, 3.63) is 35.4 Å². The van der Waals surface area contributed by atoms with Gasteiger partial charge >= 0.3 is 5.97 Å². The third kappa shape index (κ3) is 4.57. The normalized spacial score (nSPS) is 12.7. The summed E-state index contributed by atoms with van der Waals surface area (Å²) in [6.45, 7) is 7.20. The van der Waals surface area contributed by atoms with Gasteiger partial charge in [0.1, 0.15) is 0 Å². The van der Waals surface area contributed by atoms with Gasteiger partial charge in [0.25, 0.3) is 0 Å². The standard InChI is InChI=1S/C14H21NO2/c1-10(2)11(3)15-9-13-7-5-4-6-12(13)8-14(16)17/h4-7,10-11,15H,8-9H2,1-3H3,(H,16,17). The van der Waals surface area contributed by atoms with Crippen molar-refractivity contribution in [2.45, 2.75) is 39.8 Å². The molecule has 0 spiro atoms. The van der Waals surface area contributed by atoms with E-state index < -0.39 is 5.97 Å². The predicted octanol–water partition coefficient (Wildman–Crippen LogP) is 2.45. The number of benzene rings is 1. The Bertz CT molecular complexity index is 374. The minimum atomic E-state index is -0.783. The Kier molecular flexibility index (Phi) is 5.16. The van der Waals surface area contributed by atoms with Crippen molar-refractivity contribution in [2.75, 3.05) is 0 Å². The van der Waals surface area contributed by atoms with E-state index in [-0.39, 0.29) is 6.42 Å². The van der Waals surface area contributed by atoms with E-state index in [9.17, 15) is 4.79 Å². The zero-order valence-electron chi connectivity index (χ0n) is 10.7. The molecular formula is C14H21NO2. The molecule has 0 amide bonds. The molecule has 1 atom stereocenters. The zero-order chi connectivity index (χ0) is 12.8. The maximum Gasteiger partial charge on any atom is 0.307 e. The monoisotopic (exact) mass is 235 g/mol. The Labute approximate surface area is 103 Å². The van der Waals surface area contributed by atoms with Crippen molar-refractivity contribution in [1.82, 2.24) is 5.32 Å². The quantitative estimate of drug-likeness (QED) is 0.796. The van der Waals surface area contributed by atoms with Crippen molar-refractivity contribution in [1.29, 1.82) is 0 Å². The van der Waals surface area contributed by atoms with Crippen LogP contribution in [0.2, 0.25) is 0 Å². The summed E-state index contributed by atoms with van der Waals surface area (Å²) in [5.41, 5.74) is 1.96. The number of nitrogens with one attached hydrogen (secondary N) is 1. The van der Waals surface area contributed by atoms with Gasteiger partial charge in [0.2, 0.25) is 0 Å². The van der Waals surface area contributed by atoms with Crippen molar-refractivity contribution in [3.8, 4) is 0 Å². The van der Waals surface area contributed by atoms with Gasteiger partial charge in [-0.3, -0.25) is 4.79 Å². The molecule has 3 nitrogen and oxygen atoms in total. The summed E-state index contributed by atoms with van der Waals surface area (Å²) >= 11 is 0. The van der Waals surface area contributed by atoms with Crippen LogP contribution >= 0.6 is 0 Å². The molecule has 0 aromatic heterocycles. The van der Waals surface area contributed by atoms with Crippen LogP contribution in [0.5, 0.6) is 0 Å². The number of carbonyl (C=O) groups is 1. The van der Waals surface area contributed by atoms with E-state index in [1.54, 1.807) is 0 Å². The maximum absolute atomic E-state index is 10.7. The van der Waals surface area contributed by atoms with Crippen LogP contribution in [0.1, 0.15) is 31.9 Å². The topological polar surface area (TPSA) is 49.3 Å². The highest BCUT2D eigenvalue weighted by molar-refractivity contribution is 5.70. The Morgan fingerprint density at radius 2 is 1.82 bits per heavy atom. The van der Waals surface area contributed by atoms with Gasteiger partial charge in [-0.05, 0) is 24.0 Å². The summed E-state index contributed by atoms with van der Waals surface area (Å²) in [6, 6.07) is 8.12. The highest BCUT2D eigenvalue weighted by Gasteiger charge is 2.09. The molecule has 17 heavy (non-hydrogen) atoms. The first kappa shape index (κ1) is 13.7. The van der Waals surface area contributed by atoms with Gasteiger partial charge in [-0.1, -0.05) is 38.1 Å². The predicted molar refractivity (Wildman–Crippen MR) is 68.9 cm³/mol. The minimum Gasteiger partial charge on any atom is -0.481 e.